The molecule has 0 bridgehead atoms. The molecule has 4 heteroatoms. The molecule has 0 amide bonds. The first kappa shape index (κ1) is 16.3. The largest absolute Gasteiger partial charge is 0.462 e. The van der Waals surface area contributed by atoms with Crippen LogP contribution in [0.1, 0.15) is 49.3 Å². The molecule has 0 saturated heterocycles. The third-order valence-corrected chi connectivity index (χ3v) is 3.64. The third-order valence-electron chi connectivity index (χ3n) is 3.64. The Morgan fingerprint density at radius 2 is 1.82 bits per heavy atom. The number of hydrogen-bond acceptors (Lipinski definition) is 2. The Morgan fingerprint density at radius 1 is 1.23 bits per heavy atom. The monoisotopic (exact) mass is 303 g/mol. The van der Waals surface area contributed by atoms with Crippen LogP contribution in [0.25, 0.3) is 5.69 Å². The summed E-state index contributed by atoms with van der Waals surface area (Å²) >= 11 is 0. The molecule has 2 rings (SSSR count). The summed E-state index contributed by atoms with van der Waals surface area (Å²) in [6.45, 7) is 10.2. The van der Waals surface area contributed by atoms with E-state index >= 15 is 0 Å². The van der Waals surface area contributed by atoms with E-state index in [1.807, 2.05) is 17.7 Å². The lowest BCUT2D eigenvalue weighted by atomic mass is 9.86. The molecule has 0 fully saturated rings. The number of esters is 1. The molecule has 0 aliphatic heterocycles. The van der Waals surface area contributed by atoms with Crippen molar-refractivity contribution >= 4 is 5.97 Å². The molecule has 0 aliphatic rings. The van der Waals surface area contributed by atoms with Gasteiger partial charge in [0.15, 0.2) is 0 Å². The number of rotatable bonds is 3. The molecule has 0 spiro atoms. The summed E-state index contributed by atoms with van der Waals surface area (Å²) in [5.41, 5.74) is 2.94. The molecule has 0 unspecified atom stereocenters. The molecule has 2 aromatic rings. The molecular formula is C18H22FNO2. The minimum absolute atomic E-state index is 0.196. The molecule has 0 N–H and O–H groups in total. The van der Waals surface area contributed by atoms with Crippen molar-refractivity contribution < 1.29 is 13.9 Å². The van der Waals surface area contributed by atoms with Crippen LogP contribution in [0.15, 0.2) is 30.5 Å². The summed E-state index contributed by atoms with van der Waals surface area (Å²) < 4.78 is 20.2. The molecular weight excluding hydrogens is 281 g/mol. The molecule has 22 heavy (non-hydrogen) atoms. The first-order chi connectivity index (χ1) is 10.3. The van der Waals surface area contributed by atoms with Gasteiger partial charge in [0.25, 0.3) is 0 Å². The van der Waals surface area contributed by atoms with Crippen LogP contribution >= 0.6 is 0 Å². The zero-order chi connectivity index (χ0) is 16.5. The van der Waals surface area contributed by atoms with Crippen molar-refractivity contribution in [3.8, 4) is 5.69 Å². The van der Waals surface area contributed by atoms with Gasteiger partial charge in [-0.05, 0) is 49.1 Å². The number of hydrogen-bond donors (Lipinski definition) is 0. The lowest BCUT2D eigenvalue weighted by Gasteiger charge is -2.18. The van der Waals surface area contributed by atoms with E-state index < -0.39 is 0 Å². The van der Waals surface area contributed by atoms with Crippen LogP contribution in [0.3, 0.4) is 0 Å². The predicted octanol–water partition coefficient (Wildman–Crippen LogP) is 4.40. The van der Waals surface area contributed by atoms with Crippen LogP contribution in [0.2, 0.25) is 0 Å². The highest BCUT2D eigenvalue weighted by molar-refractivity contribution is 5.93. The third kappa shape index (κ3) is 3.06. The van der Waals surface area contributed by atoms with Crippen LogP contribution in [-0.2, 0) is 10.2 Å². The van der Waals surface area contributed by atoms with Gasteiger partial charge in [-0.3, -0.25) is 0 Å². The topological polar surface area (TPSA) is 31.2 Å². The normalized spacial score (nSPS) is 11.5. The van der Waals surface area contributed by atoms with E-state index in [0.29, 0.717) is 12.2 Å². The van der Waals surface area contributed by atoms with Gasteiger partial charge in [0.1, 0.15) is 5.82 Å². The molecule has 0 aliphatic carbocycles. The van der Waals surface area contributed by atoms with Crippen LogP contribution in [0, 0.1) is 12.7 Å². The minimum atomic E-state index is -0.314. The number of ether oxygens (including phenoxy) is 1. The Morgan fingerprint density at radius 3 is 2.32 bits per heavy atom. The summed E-state index contributed by atoms with van der Waals surface area (Å²) in [6, 6.07) is 6.22. The molecule has 1 aromatic heterocycles. The van der Waals surface area contributed by atoms with Gasteiger partial charge < -0.3 is 9.30 Å². The lowest BCUT2D eigenvalue weighted by molar-refractivity contribution is 0.0523. The standard InChI is InChI=1S/C18H22FNO2/c1-6-22-17(21)16-12(2)20(11-15(16)18(3,4)5)14-9-7-13(19)8-10-14/h7-11H,6H2,1-5H3. The highest BCUT2D eigenvalue weighted by Gasteiger charge is 2.28. The number of aromatic nitrogens is 1. The number of nitrogens with zero attached hydrogens (tertiary/aromatic N) is 1. The van der Waals surface area contributed by atoms with Gasteiger partial charge in [-0.25, -0.2) is 9.18 Å². The SMILES string of the molecule is CCOC(=O)c1c(C(C)(C)C)cn(-c2ccc(F)cc2)c1C. The molecule has 3 nitrogen and oxygen atoms in total. The highest BCUT2D eigenvalue weighted by Crippen LogP contribution is 2.31. The van der Waals surface area contributed by atoms with Crippen LogP contribution in [-0.4, -0.2) is 17.1 Å². The zero-order valence-electron chi connectivity index (χ0n) is 13.7. The molecule has 1 aromatic carbocycles. The fourth-order valence-electron chi connectivity index (χ4n) is 2.51. The van der Waals surface area contributed by atoms with Crippen LogP contribution in [0.4, 0.5) is 4.39 Å². The summed E-state index contributed by atoms with van der Waals surface area (Å²) in [4.78, 5) is 12.3. The van der Waals surface area contributed by atoms with Crippen molar-refractivity contribution in [3.05, 3.63) is 53.1 Å². The second-order valence-electron chi connectivity index (χ2n) is 6.32. The van der Waals surface area contributed by atoms with Gasteiger partial charge >= 0.3 is 5.97 Å². The Labute approximate surface area is 130 Å². The van der Waals surface area contributed by atoms with Gasteiger partial charge in [-0.15, -0.1) is 0 Å². The smallest absolute Gasteiger partial charge is 0.340 e. The van der Waals surface area contributed by atoms with Crippen LogP contribution < -0.4 is 0 Å². The van der Waals surface area contributed by atoms with E-state index in [9.17, 15) is 9.18 Å². The maximum absolute atomic E-state index is 13.1. The van der Waals surface area contributed by atoms with Gasteiger partial charge in [0.2, 0.25) is 0 Å². The van der Waals surface area contributed by atoms with E-state index in [-0.39, 0.29) is 17.2 Å². The second-order valence-corrected chi connectivity index (χ2v) is 6.32. The summed E-state index contributed by atoms with van der Waals surface area (Å²) in [7, 11) is 0. The van der Waals surface area contributed by atoms with E-state index in [0.717, 1.165) is 16.9 Å². The fraction of sp³-hybridized carbons (Fsp3) is 0.389. The second kappa shape index (κ2) is 5.95. The maximum Gasteiger partial charge on any atom is 0.340 e. The van der Waals surface area contributed by atoms with Gasteiger partial charge in [0.05, 0.1) is 12.2 Å². The molecule has 118 valence electrons. The maximum atomic E-state index is 13.1. The Hall–Kier alpha value is -2.10. The zero-order valence-corrected chi connectivity index (χ0v) is 13.7. The van der Waals surface area contributed by atoms with E-state index in [2.05, 4.69) is 20.8 Å². The van der Waals surface area contributed by atoms with Crippen molar-refractivity contribution in [1.29, 1.82) is 0 Å². The van der Waals surface area contributed by atoms with Crippen molar-refractivity contribution in [2.45, 2.75) is 40.0 Å². The molecule has 1 heterocycles. The van der Waals surface area contributed by atoms with Crippen LogP contribution in [0.5, 0.6) is 0 Å². The van der Waals surface area contributed by atoms with Gasteiger partial charge in [-0.2, -0.15) is 0 Å². The van der Waals surface area contributed by atoms with Gasteiger partial charge in [0, 0.05) is 17.6 Å². The number of benzene rings is 1. The van der Waals surface area contributed by atoms with Crippen molar-refractivity contribution in [1.82, 2.24) is 4.57 Å². The summed E-state index contributed by atoms with van der Waals surface area (Å²) in [5.74, 6) is -0.596. The molecule has 0 atom stereocenters. The highest BCUT2D eigenvalue weighted by atomic mass is 19.1. The number of carbonyl (C=O) groups excluding carboxylic acids is 1. The quantitative estimate of drug-likeness (QED) is 0.787. The van der Waals surface area contributed by atoms with E-state index in [1.54, 1.807) is 19.1 Å². The summed E-state index contributed by atoms with van der Waals surface area (Å²) in [5, 5.41) is 0. The fourth-order valence-corrected chi connectivity index (χ4v) is 2.51. The summed E-state index contributed by atoms with van der Waals surface area (Å²) in [6.07, 6.45) is 1.94. The predicted molar refractivity (Wildman–Crippen MR) is 85.1 cm³/mol. The van der Waals surface area contributed by atoms with Gasteiger partial charge in [-0.1, -0.05) is 20.8 Å². The van der Waals surface area contributed by atoms with E-state index in [4.69, 9.17) is 4.74 Å². The average Bonchev–Trinajstić information content (AvgIpc) is 2.78. The number of halogens is 1. The lowest BCUT2D eigenvalue weighted by Crippen LogP contribution is -2.17. The Bertz CT molecular complexity index is 678. The Balaban J connectivity index is 2.62. The molecule has 0 radical (unpaired) electrons. The van der Waals surface area contributed by atoms with E-state index in [1.165, 1.54) is 12.1 Å². The minimum Gasteiger partial charge on any atom is -0.462 e. The first-order valence-electron chi connectivity index (χ1n) is 7.41. The van der Waals surface area contributed by atoms with Crippen molar-refractivity contribution in [3.63, 3.8) is 0 Å². The first-order valence-corrected chi connectivity index (χ1v) is 7.41. The molecule has 0 saturated carbocycles. The van der Waals surface area contributed by atoms with Crippen molar-refractivity contribution in [2.24, 2.45) is 0 Å². The van der Waals surface area contributed by atoms with Crippen molar-refractivity contribution in [2.75, 3.05) is 6.61 Å². The number of carbonyl (C=O) groups is 1. The Kier molecular flexibility index (Phi) is 4.40. The average molecular weight is 303 g/mol.